The van der Waals surface area contributed by atoms with Gasteiger partial charge in [-0.25, -0.2) is 4.98 Å². The van der Waals surface area contributed by atoms with Crippen LogP contribution in [0, 0.1) is 0 Å². The maximum Gasteiger partial charge on any atom is 0.0938 e. The van der Waals surface area contributed by atoms with E-state index in [9.17, 15) is 0 Å². The first-order chi connectivity index (χ1) is 6.35. The lowest BCUT2D eigenvalue weighted by Crippen LogP contribution is -1.86. The summed E-state index contributed by atoms with van der Waals surface area (Å²) in [4.78, 5) is 8.31. The average molecular weight is 194 g/mol. The van der Waals surface area contributed by atoms with E-state index in [1.165, 1.54) is 0 Å². The number of aliphatic hydroxyl groups is 1. The highest BCUT2D eigenvalue weighted by Gasteiger charge is 2.04. The van der Waals surface area contributed by atoms with Crippen molar-refractivity contribution in [3.63, 3.8) is 0 Å². The van der Waals surface area contributed by atoms with Crippen molar-refractivity contribution in [2.24, 2.45) is 0 Å². The molecule has 2 N–H and O–H groups in total. The number of nitrogens with one attached hydrogen (secondary N) is 1. The molecule has 0 fully saturated rings. The highest BCUT2D eigenvalue weighted by Crippen LogP contribution is 2.23. The first kappa shape index (κ1) is 8.59. The van der Waals surface area contributed by atoms with Gasteiger partial charge in [0.15, 0.2) is 0 Å². The number of hydrogen-bond acceptors (Lipinski definition) is 3. The van der Waals surface area contributed by atoms with Crippen LogP contribution in [0.1, 0.15) is 5.56 Å². The molecule has 0 bridgehead atoms. The molecule has 68 valence electrons. The van der Waals surface area contributed by atoms with Crippen LogP contribution in [0.5, 0.6) is 0 Å². The molecule has 1 aromatic heterocycles. The molecule has 13 heavy (non-hydrogen) atoms. The molecule has 1 aromatic carbocycles. The second-order valence-electron chi connectivity index (χ2n) is 2.74. The highest BCUT2D eigenvalue weighted by atomic mass is 32.2. The second kappa shape index (κ2) is 3.40. The van der Waals surface area contributed by atoms with E-state index in [1.54, 1.807) is 18.1 Å². The third-order valence-corrected chi connectivity index (χ3v) is 2.69. The zero-order valence-corrected chi connectivity index (χ0v) is 8.06. The molecular weight excluding hydrogens is 184 g/mol. The third-order valence-electron chi connectivity index (χ3n) is 1.98. The number of aromatic amines is 1. The largest absolute Gasteiger partial charge is 0.392 e. The van der Waals surface area contributed by atoms with Gasteiger partial charge in [0.1, 0.15) is 0 Å². The highest BCUT2D eigenvalue weighted by molar-refractivity contribution is 7.98. The number of H-pyrrole nitrogens is 1. The first-order valence-corrected chi connectivity index (χ1v) is 5.18. The fraction of sp³-hybridized carbons (Fsp3) is 0.222. The molecule has 2 rings (SSSR count). The van der Waals surface area contributed by atoms with Gasteiger partial charge in [0.25, 0.3) is 0 Å². The number of aromatic nitrogens is 2. The van der Waals surface area contributed by atoms with Crippen LogP contribution in [0.4, 0.5) is 0 Å². The van der Waals surface area contributed by atoms with Crippen LogP contribution in [0.3, 0.4) is 0 Å². The fourth-order valence-corrected chi connectivity index (χ4v) is 1.83. The maximum absolute atomic E-state index is 9.11. The Morgan fingerprint density at radius 2 is 2.38 bits per heavy atom. The second-order valence-corrected chi connectivity index (χ2v) is 3.62. The van der Waals surface area contributed by atoms with Gasteiger partial charge in [-0.1, -0.05) is 0 Å². The van der Waals surface area contributed by atoms with E-state index in [-0.39, 0.29) is 6.61 Å². The topological polar surface area (TPSA) is 48.9 Å². The van der Waals surface area contributed by atoms with E-state index in [0.717, 1.165) is 21.5 Å². The quantitative estimate of drug-likeness (QED) is 0.716. The predicted octanol–water partition coefficient (Wildman–Crippen LogP) is 1.78. The Bertz CT molecular complexity index is 424. The van der Waals surface area contributed by atoms with E-state index in [2.05, 4.69) is 9.97 Å². The van der Waals surface area contributed by atoms with Crippen LogP contribution >= 0.6 is 11.8 Å². The number of imidazole rings is 1. The number of rotatable bonds is 2. The molecule has 1 heterocycles. The normalized spacial score (nSPS) is 10.9. The van der Waals surface area contributed by atoms with Crippen LogP contribution in [0.25, 0.3) is 11.0 Å². The van der Waals surface area contributed by atoms with Crippen molar-refractivity contribution in [3.8, 4) is 0 Å². The number of thioether (sulfide) groups is 1. The number of aliphatic hydroxyl groups excluding tert-OH is 1. The number of nitrogens with zero attached hydrogens (tertiary/aromatic N) is 1. The summed E-state index contributed by atoms with van der Waals surface area (Å²) in [7, 11) is 0. The van der Waals surface area contributed by atoms with Gasteiger partial charge in [-0.15, -0.1) is 11.8 Å². The minimum absolute atomic E-state index is 0.0375. The van der Waals surface area contributed by atoms with Gasteiger partial charge in [0.2, 0.25) is 0 Å². The lowest BCUT2D eigenvalue weighted by Gasteiger charge is -2.01. The van der Waals surface area contributed by atoms with Crippen LogP contribution in [-0.2, 0) is 6.61 Å². The summed E-state index contributed by atoms with van der Waals surface area (Å²) in [6.07, 6.45) is 3.66. The zero-order valence-electron chi connectivity index (χ0n) is 7.24. The summed E-state index contributed by atoms with van der Waals surface area (Å²) in [5.41, 5.74) is 2.72. The van der Waals surface area contributed by atoms with Crippen LogP contribution in [-0.4, -0.2) is 21.3 Å². The molecule has 0 aliphatic heterocycles. The van der Waals surface area contributed by atoms with E-state index >= 15 is 0 Å². The molecule has 0 amide bonds. The van der Waals surface area contributed by atoms with E-state index in [0.29, 0.717) is 0 Å². The standard InChI is InChI=1S/C9H10N2OS/c1-13-7-2-6(4-12)9-8(3-7)10-5-11-9/h2-3,5,12H,4H2,1H3,(H,10,11). The Morgan fingerprint density at radius 3 is 3.08 bits per heavy atom. The molecule has 0 saturated carbocycles. The van der Waals surface area contributed by atoms with Gasteiger partial charge in [-0.05, 0) is 18.4 Å². The van der Waals surface area contributed by atoms with Gasteiger partial charge < -0.3 is 10.1 Å². The molecule has 0 saturated heterocycles. The summed E-state index contributed by atoms with van der Waals surface area (Å²) < 4.78 is 0. The Labute approximate surface area is 80.2 Å². The molecule has 0 aliphatic rings. The average Bonchev–Trinajstić information content (AvgIpc) is 2.63. The number of hydrogen-bond donors (Lipinski definition) is 2. The monoisotopic (exact) mass is 194 g/mol. The Balaban J connectivity index is 2.70. The molecule has 0 aliphatic carbocycles. The smallest absolute Gasteiger partial charge is 0.0938 e. The molecule has 0 unspecified atom stereocenters. The molecular formula is C9H10N2OS. The fourth-order valence-electron chi connectivity index (χ4n) is 1.33. The van der Waals surface area contributed by atoms with Crippen LogP contribution in [0.2, 0.25) is 0 Å². The minimum atomic E-state index is 0.0375. The molecule has 0 radical (unpaired) electrons. The van der Waals surface area contributed by atoms with Crippen LogP contribution < -0.4 is 0 Å². The van der Waals surface area contributed by atoms with E-state index < -0.39 is 0 Å². The van der Waals surface area contributed by atoms with Crippen molar-refractivity contribution in [1.82, 2.24) is 9.97 Å². The lowest BCUT2D eigenvalue weighted by atomic mass is 10.2. The van der Waals surface area contributed by atoms with E-state index in [4.69, 9.17) is 5.11 Å². The van der Waals surface area contributed by atoms with E-state index in [1.807, 2.05) is 18.4 Å². The predicted molar refractivity (Wildman–Crippen MR) is 53.8 cm³/mol. The lowest BCUT2D eigenvalue weighted by molar-refractivity contribution is 0.283. The Kier molecular flexibility index (Phi) is 2.24. The third kappa shape index (κ3) is 1.43. The Morgan fingerprint density at radius 1 is 1.54 bits per heavy atom. The summed E-state index contributed by atoms with van der Waals surface area (Å²) in [6, 6.07) is 4.00. The van der Waals surface area contributed by atoms with Crippen molar-refractivity contribution in [2.75, 3.05) is 6.26 Å². The van der Waals surface area contributed by atoms with Crippen molar-refractivity contribution < 1.29 is 5.11 Å². The molecule has 0 atom stereocenters. The molecule has 3 nitrogen and oxygen atoms in total. The summed E-state index contributed by atoms with van der Waals surface area (Å²) in [6.45, 7) is 0.0375. The molecule has 2 aromatic rings. The van der Waals surface area contributed by atoms with Gasteiger partial charge >= 0.3 is 0 Å². The van der Waals surface area contributed by atoms with Crippen LogP contribution in [0.15, 0.2) is 23.4 Å². The number of benzene rings is 1. The van der Waals surface area contributed by atoms with Gasteiger partial charge in [0.05, 0.1) is 24.0 Å². The zero-order chi connectivity index (χ0) is 9.26. The summed E-state index contributed by atoms with van der Waals surface area (Å²) in [5, 5.41) is 9.11. The van der Waals surface area contributed by atoms with Gasteiger partial charge in [-0.2, -0.15) is 0 Å². The molecule has 4 heteroatoms. The maximum atomic E-state index is 9.11. The van der Waals surface area contributed by atoms with Gasteiger partial charge in [-0.3, -0.25) is 0 Å². The summed E-state index contributed by atoms with van der Waals surface area (Å²) in [5.74, 6) is 0. The SMILES string of the molecule is CSc1cc(CO)c2nc[nH]c2c1. The van der Waals surface area contributed by atoms with Crippen molar-refractivity contribution in [2.45, 2.75) is 11.5 Å². The molecule has 0 spiro atoms. The van der Waals surface area contributed by atoms with Crippen molar-refractivity contribution >= 4 is 22.8 Å². The minimum Gasteiger partial charge on any atom is -0.392 e. The number of fused-ring (bicyclic) bond motifs is 1. The van der Waals surface area contributed by atoms with Crippen molar-refractivity contribution in [1.29, 1.82) is 0 Å². The van der Waals surface area contributed by atoms with Gasteiger partial charge in [0, 0.05) is 10.5 Å². The first-order valence-electron chi connectivity index (χ1n) is 3.96. The summed E-state index contributed by atoms with van der Waals surface area (Å²) >= 11 is 1.66. The van der Waals surface area contributed by atoms with Crippen molar-refractivity contribution in [3.05, 3.63) is 24.0 Å². The Hall–Kier alpha value is -1.00.